The van der Waals surface area contributed by atoms with Crippen LogP contribution in [0.15, 0.2) is 51.4 Å². The van der Waals surface area contributed by atoms with Crippen LogP contribution in [0.3, 0.4) is 0 Å². The molecule has 1 atom stereocenters. The molecular weight excluding hydrogens is 408 g/mol. The monoisotopic (exact) mass is 424 g/mol. The standard InChI is InChI=1S/C20H16N4O7/c1-27-13-4-3-10(5-14(13)28-2)18-22-17(31-23-18)8-24-19(25)11-6-15-16(30-9-29-15)7-12(11)21-20(24)26/h3-7,11H,8-9H2,1-2H3. The SMILES string of the molecule is COc1ccc(-c2noc(CN3C(=O)N=C4C=C5OCOC5=CC4C3=O)n2)cc1OC. The van der Waals surface area contributed by atoms with Crippen molar-refractivity contribution in [3.8, 4) is 22.9 Å². The second-order valence-corrected chi connectivity index (χ2v) is 6.75. The van der Waals surface area contributed by atoms with Gasteiger partial charge in [0.2, 0.25) is 24.4 Å². The number of carbonyl (C=O) groups is 2. The minimum absolute atomic E-state index is 0.0599. The van der Waals surface area contributed by atoms with E-state index in [0.717, 1.165) is 4.90 Å². The number of ether oxygens (including phenoxy) is 4. The molecule has 0 radical (unpaired) electrons. The summed E-state index contributed by atoms with van der Waals surface area (Å²) < 4.78 is 26.4. The van der Waals surface area contributed by atoms with Crippen LogP contribution < -0.4 is 9.47 Å². The molecule has 1 aliphatic carbocycles. The van der Waals surface area contributed by atoms with Crippen molar-refractivity contribution < 1.29 is 33.1 Å². The molecule has 31 heavy (non-hydrogen) atoms. The lowest BCUT2D eigenvalue weighted by Gasteiger charge is -2.27. The molecule has 2 aliphatic heterocycles. The van der Waals surface area contributed by atoms with E-state index in [1.165, 1.54) is 14.2 Å². The van der Waals surface area contributed by atoms with Gasteiger partial charge in [0.1, 0.15) is 12.5 Å². The number of allylic oxidation sites excluding steroid dienone is 1. The highest BCUT2D eigenvalue weighted by Crippen LogP contribution is 2.33. The number of fused-ring (bicyclic) bond motifs is 2. The topological polar surface area (TPSA) is 126 Å². The zero-order valence-electron chi connectivity index (χ0n) is 16.5. The van der Waals surface area contributed by atoms with Crippen molar-refractivity contribution >= 4 is 17.6 Å². The highest BCUT2D eigenvalue weighted by molar-refractivity contribution is 6.22. The number of methoxy groups -OCH3 is 2. The van der Waals surface area contributed by atoms with Gasteiger partial charge in [0, 0.05) is 11.6 Å². The van der Waals surface area contributed by atoms with Gasteiger partial charge in [-0.05, 0) is 24.3 Å². The first-order valence-electron chi connectivity index (χ1n) is 9.26. The summed E-state index contributed by atoms with van der Waals surface area (Å²) in [7, 11) is 3.06. The van der Waals surface area contributed by atoms with E-state index in [4.69, 9.17) is 23.5 Å². The van der Waals surface area contributed by atoms with Crippen molar-refractivity contribution in [1.29, 1.82) is 0 Å². The van der Waals surface area contributed by atoms with E-state index in [2.05, 4.69) is 15.1 Å². The zero-order valence-corrected chi connectivity index (χ0v) is 16.5. The second-order valence-electron chi connectivity index (χ2n) is 6.75. The molecule has 1 fully saturated rings. The predicted octanol–water partition coefficient (Wildman–Crippen LogP) is 2.06. The molecule has 11 heteroatoms. The maximum absolute atomic E-state index is 12.9. The molecule has 1 aromatic heterocycles. The molecule has 1 aromatic carbocycles. The number of carbonyl (C=O) groups excluding carboxylic acids is 2. The Morgan fingerprint density at radius 1 is 1.13 bits per heavy atom. The number of hydrogen-bond donors (Lipinski definition) is 0. The Morgan fingerprint density at radius 3 is 2.74 bits per heavy atom. The largest absolute Gasteiger partial charge is 0.493 e. The van der Waals surface area contributed by atoms with Crippen LogP contribution in [-0.4, -0.2) is 53.7 Å². The number of aromatic nitrogens is 2. The van der Waals surface area contributed by atoms with E-state index in [0.29, 0.717) is 34.3 Å². The number of imide groups is 1. The molecule has 1 unspecified atom stereocenters. The van der Waals surface area contributed by atoms with Gasteiger partial charge in [-0.3, -0.25) is 9.69 Å². The molecule has 3 amide bonds. The minimum atomic E-state index is -0.744. The van der Waals surface area contributed by atoms with Crippen molar-refractivity contribution in [2.75, 3.05) is 21.0 Å². The second kappa shape index (κ2) is 7.27. The van der Waals surface area contributed by atoms with Crippen molar-refractivity contribution in [3.63, 3.8) is 0 Å². The fourth-order valence-electron chi connectivity index (χ4n) is 3.43. The Morgan fingerprint density at radius 2 is 1.94 bits per heavy atom. The van der Waals surface area contributed by atoms with Gasteiger partial charge < -0.3 is 23.5 Å². The van der Waals surface area contributed by atoms with E-state index in [-0.39, 0.29) is 25.1 Å². The molecule has 2 aromatic rings. The van der Waals surface area contributed by atoms with Crippen LogP contribution in [-0.2, 0) is 20.8 Å². The number of aliphatic imine (C=N–C) groups is 1. The molecule has 0 saturated carbocycles. The quantitative estimate of drug-likeness (QED) is 0.709. The van der Waals surface area contributed by atoms with Crippen LogP contribution in [0.5, 0.6) is 11.5 Å². The molecular formula is C20H16N4O7. The first-order chi connectivity index (χ1) is 15.1. The van der Waals surface area contributed by atoms with Crippen LogP contribution in [0.1, 0.15) is 5.89 Å². The fraction of sp³-hybridized carbons (Fsp3) is 0.250. The third kappa shape index (κ3) is 3.19. The van der Waals surface area contributed by atoms with Crippen molar-refractivity contribution in [2.45, 2.75) is 6.54 Å². The molecule has 5 rings (SSSR count). The van der Waals surface area contributed by atoms with Crippen LogP contribution in [0, 0.1) is 5.92 Å². The third-order valence-electron chi connectivity index (χ3n) is 4.98. The van der Waals surface area contributed by atoms with Gasteiger partial charge in [0.05, 0.1) is 19.9 Å². The lowest BCUT2D eigenvalue weighted by molar-refractivity contribution is -0.130. The van der Waals surface area contributed by atoms with Crippen molar-refractivity contribution in [1.82, 2.24) is 15.0 Å². The summed E-state index contributed by atoms with van der Waals surface area (Å²) in [6.07, 6.45) is 3.13. The summed E-state index contributed by atoms with van der Waals surface area (Å²) >= 11 is 0. The molecule has 0 N–H and O–H groups in total. The summed E-state index contributed by atoms with van der Waals surface area (Å²) in [6, 6.07) is 4.44. The Balaban J connectivity index is 1.38. The summed E-state index contributed by atoms with van der Waals surface area (Å²) in [4.78, 5) is 34.7. The van der Waals surface area contributed by atoms with Crippen molar-refractivity contribution in [3.05, 3.63) is 47.8 Å². The van der Waals surface area contributed by atoms with Gasteiger partial charge in [0.25, 0.3) is 0 Å². The average Bonchev–Trinajstić information content (AvgIpc) is 3.44. The highest BCUT2D eigenvalue weighted by Gasteiger charge is 2.40. The minimum Gasteiger partial charge on any atom is -0.493 e. The number of amides is 3. The van der Waals surface area contributed by atoms with Crippen molar-refractivity contribution in [2.24, 2.45) is 10.9 Å². The molecule has 3 aliphatic rings. The van der Waals surface area contributed by atoms with Gasteiger partial charge in [-0.2, -0.15) is 9.98 Å². The summed E-state index contributed by atoms with van der Waals surface area (Å²) in [5.74, 6) is 1.14. The van der Waals surface area contributed by atoms with Crippen LogP contribution in [0.25, 0.3) is 11.4 Å². The Hall–Kier alpha value is -4.15. The van der Waals surface area contributed by atoms with Gasteiger partial charge in [-0.1, -0.05) is 5.16 Å². The molecule has 0 bridgehead atoms. The van der Waals surface area contributed by atoms with Gasteiger partial charge >= 0.3 is 6.03 Å². The van der Waals surface area contributed by atoms with Crippen LogP contribution in [0.2, 0.25) is 0 Å². The maximum Gasteiger partial charge on any atom is 0.351 e. The highest BCUT2D eigenvalue weighted by atomic mass is 16.7. The molecule has 11 nitrogen and oxygen atoms in total. The summed E-state index contributed by atoms with van der Waals surface area (Å²) in [6.45, 7) is -0.146. The molecule has 158 valence electrons. The summed E-state index contributed by atoms with van der Waals surface area (Å²) in [5, 5.41) is 3.93. The van der Waals surface area contributed by atoms with E-state index in [9.17, 15) is 9.59 Å². The first-order valence-corrected chi connectivity index (χ1v) is 9.26. The zero-order chi connectivity index (χ0) is 21.5. The lowest BCUT2D eigenvalue weighted by Crippen LogP contribution is -2.46. The predicted molar refractivity (Wildman–Crippen MR) is 103 cm³/mol. The molecule has 3 heterocycles. The third-order valence-corrected chi connectivity index (χ3v) is 4.98. The number of benzene rings is 1. The fourth-order valence-corrected chi connectivity index (χ4v) is 3.43. The number of urea groups is 1. The Kier molecular flexibility index (Phi) is 4.42. The number of nitrogens with zero attached hydrogens (tertiary/aromatic N) is 4. The van der Waals surface area contributed by atoms with E-state index >= 15 is 0 Å². The van der Waals surface area contributed by atoms with Gasteiger partial charge in [0.15, 0.2) is 23.0 Å². The first kappa shape index (κ1) is 18.9. The normalized spacial score (nSPS) is 19.5. The lowest BCUT2D eigenvalue weighted by atomic mass is 9.94. The van der Waals surface area contributed by atoms with E-state index in [1.807, 2.05) is 0 Å². The van der Waals surface area contributed by atoms with Crippen LogP contribution in [0.4, 0.5) is 4.79 Å². The molecule has 1 saturated heterocycles. The van der Waals surface area contributed by atoms with E-state index < -0.39 is 17.9 Å². The van der Waals surface area contributed by atoms with Gasteiger partial charge in [-0.25, -0.2) is 4.79 Å². The maximum atomic E-state index is 12.9. The van der Waals surface area contributed by atoms with E-state index in [1.54, 1.807) is 30.4 Å². The Bertz CT molecular complexity index is 1180. The van der Waals surface area contributed by atoms with Gasteiger partial charge in [-0.15, -0.1) is 0 Å². The molecule has 0 spiro atoms. The number of rotatable bonds is 5. The smallest absolute Gasteiger partial charge is 0.351 e. The summed E-state index contributed by atoms with van der Waals surface area (Å²) in [5.41, 5.74) is 0.935. The Labute approximate surface area is 175 Å². The average molecular weight is 424 g/mol. The van der Waals surface area contributed by atoms with Crippen LogP contribution >= 0.6 is 0 Å². The number of hydrogen-bond acceptors (Lipinski definition) is 9.